The number of hydrogen-bond acceptors (Lipinski definition) is 3. The summed E-state index contributed by atoms with van der Waals surface area (Å²) in [5.74, 6) is 0.701. The van der Waals surface area contributed by atoms with Crippen molar-refractivity contribution in [3.63, 3.8) is 0 Å². The van der Waals surface area contributed by atoms with Crippen molar-refractivity contribution in [1.82, 2.24) is 4.90 Å². The summed E-state index contributed by atoms with van der Waals surface area (Å²) in [7, 11) is 3.92. The van der Waals surface area contributed by atoms with Gasteiger partial charge in [-0.05, 0) is 31.0 Å². The van der Waals surface area contributed by atoms with Gasteiger partial charge in [0, 0.05) is 32.4 Å². The molecule has 1 atom stereocenters. The van der Waals surface area contributed by atoms with Gasteiger partial charge in [0.05, 0.1) is 6.61 Å². The van der Waals surface area contributed by atoms with E-state index in [1.54, 1.807) is 7.11 Å². The van der Waals surface area contributed by atoms with E-state index in [9.17, 15) is 0 Å². The number of methoxy groups -OCH3 is 1. The lowest BCUT2D eigenvalue weighted by Crippen LogP contribution is -2.35. The van der Waals surface area contributed by atoms with E-state index in [2.05, 4.69) is 41.5 Å². The van der Waals surface area contributed by atoms with Crippen LogP contribution < -0.4 is 5.32 Å². The van der Waals surface area contributed by atoms with Crippen LogP contribution >= 0.6 is 0 Å². The van der Waals surface area contributed by atoms with E-state index >= 15 is 0 Å². The van der Waals surface area contributed by atoms with Crippen LogP contribution in [0, 0.1) is 5.92 Å². The zero-order valence-electron chi connectivity index (χ0n) is 10.8. The van der Waals surface area contributed by atoms with Gasteiger partial charge in [-0.15, -0.1) is 0 Å². The van der Waals surface area contributed by atoms with Crippen molar-refractivity contribution in [1.29, 1.82) is 0 Å². The average molecular weight is 234 g/mol. The SMILES string of the molecule is COCCN(C)CC1CNc2ccccc2C1. The average Bonchev–Trinajstić information content (AvgIpc) is 2.36. The maximum absolute atomic E-state index is 5.10. The van der Waals surface area contributed by atoms with Gasteiger partial charge < -0.3 is 15.0 Å². The minimum atomic E-state index is 0.701. The lowest BCUT2D eigenvalue weighted by molar-refractivity contribution is 0.153. The Morgan fingerprint density at radius 3 is 3.06 bits per heavy atom. The fraction of sp³-hybridized carbons (Fsp3) is 0.571. The summed E-state index contributed by atoms with van der Waals surface area (Å²) in [4.78, 5) is 2.35. The van der Waals surface area contributed by atoms with Crippen molar-refractivity contribution in [2.75, 3.05) is 45.7 Å². The van der Waals surface area contributed by atoms with Crippen LogP contribution in [0.2, 0.25) is 0 Å². The van der Waals surface area contributed by atoms with Gasteiger partial charge in [0.25, 0.3) is 0 Å². The fourth-order valence-electron chi connectivity index (χ4n) is 2.42. The molecular weight excluding hydrogens is 212 g/mol. The fourth-order valence-corrected chi connectivity index (χ4v) is 2.42. The molecule has 0 aromatic heterocycles. The minimum absolute atomic E-state index is 0.701. The molecule has 0 saturated heterocycles. The predicted molar refractivity (Wildman–Crippen MR) is 71.5 cm³/mol. The number of ether oxygens (including phenoxy) is 1. The van der Waals surface area contributed by atoms with E-state index in [1.165, 1.54) is 17.7 Å². The Kier molecular flexibility index (Phi) is 4.40. The number of likely N-dealkylation sites (N-methyl/N-ethyl adjacent to an activating group) is 1. The van der Waals surface area contributed by atoms with Crippen molar-refractivity contribution in [2.24, 2.45) is 5.92 Å². The summed E-state index contributed by atoms with van der Waals surface area (Å²) in [5.41, 5.74) is 2.76. The minimum Gasteiger partial charge on any atom is -0.384 e. The summed E-state index contributed by atoms with van der Waals surface area (Å²) in [5, 5.41) is 3.52. The predicted octanol–water partition coefficient (Wildman–Crippen LogP) is 1.85. The van der Waals surface area contributed by atoms with Crippen LogP contribution in [0.4, 0.5) is 5.69 Å². The van der Waals surface area contributed by atoms with Gasteiger partial charge in [0.2, 0.25) is 0 Å². The number of hydrogen-bond donors (Lipinski definition) is 1. The van der Waals surface area contributed by atoms with Crippen LogP contribution in [0.25, 0.3) is 0 Å². The van der Waals surface area contributed by atoms with Crippen LogP contribution in [0.1, 0.15) is 5.56 Å². The Morgan fingerprint density at radius 1 is 1.41 bits per heavy atom. The number of benzene rings is 1. The Morgan fingerprint density at radius 2 is 2.24 bits per heavy atom. The highest BCUT2D eigenvalue weighted by Crippen LogP contribution is 2.24. The molecule has 1 aromatic carbocycles. The molecule has 1 aliphatic heterocycles. The summed E-state index contributed by atoms with van der Waals surface area (Å²) in [6.45, 7) is 4.03. The number of nitrogens with one attached hydrogen (secondary N) is 1. The van der Waals surface area contributed by atoms with Gasteiger partial charge in [0.15, 0.2) is 0 Å². The molecule has 0 bridgehead atoms. The molecule has 0 fully saturated rings. The molecule has 1 unspecified atom stereocenters. The summed E-state index contributed by atoms with van der Waals surface area (Å²) >= 11 is 0. The third kappa shape index (κ3) is 3.45. The standard InChI is InChI=1S/C14H22N2O/c1-16(7-8-17-2)11-12-9-13-5-3-4-6-14(13)15-10-12/h3-6,12,15H,7-11H2,1-2H3. The third-order valence-corrected chi connectivity index (χ3v) is 3.35. The third-order valence-electron chi connectivity index (χ3n) is 3.35. The second-order valence-electron chi connectivity index (χ2n) is 4.86. The molecule has 1 heterocycles. The van der Waals surface area contributed by atoms with Crippen molar-refractivity contribution in [3.05, 3.63) is 29.8 Å². The smallest absolute Gasteiger partial charge is 0.0589 e. The maximum Gasteiger partial charge on any atom is 0.0589 e. The van der Waals surface area contributed by atoms with E-state index in [-0.39, 0.29) is 0 Å². The number of anilines is 1. The highest BCUT2D eigenvalue weighted by molar-refractivity contribution is 5.53. The van der Waals surface area contributed by atoms with Crippen LogP contribution in [-0.2, 0) is 11.2 Å². The normalized spacial score (nSPS) is 18.9. The quantitative estimate of drug-likeness (QED) is 0.841. The number of para-hydroxylation sites is 1. The molecule has 0 aliphatic carbocycles. The number of nitrogens with zero attached hydrogens (tertiary/aromatic N) is 1. The topological polar surface area (TPSA) is 24.5 Å². The van der Waals surface area contributed by atoms with Crippen LogP contribution in [0.15, 0.2) is 24.3 Å². The van der Waals surface area contributed by atoms with Gasteiger partial charge in [0.1, 0.15) is 0 Å². The molecule has 94 valence electrons. The first kappa shape index (κ1) is 12.4. The van der Waals surface area contributed by atoms with Gasteiger partial charge in [-0.1, -0.05) is 18.2 Å². The zero-order valence-corrected chi connectivity index (χ0v) is 10.8. The zero-order chi connectivity index (χ0) is 12.1. The second kappa shape index (κ2) is 6.03. The van der Waals surface area contributed by atoms with Gasteiger partial charge in [-0.2, -0.15) is 0 Å². The maximum atomic E-state index is 5.10. The van der Waals surface area contributed by atoms with Crippen molar-refractivity contribution >= 4 is 5.69 Å². The first-order valence-electron chi connectivity index (χ1n) is 6.29. The largest absolute Gasteiger partial charge is 0.384 e. The van der Waals surface area contributed by atoms with E-state index in [0.717, 1.165) is 26.2 Å². The molecule has 0 radical (unpaired) electrons. The Balaban J connectivity index is 1.85. The van der Waals surface area contributed by atoms with Crippen LogP contribution in [0.5, 0.6) is 0 Å². The van der Waals surface area contributed by atoms with E-state index in [1.807, 2.05) is 0 Å². The van der Waals surface area contributed by atoms with Crippen LogP contribution in [0.3, 0.4) is 0 Å². The lowest BCUT2D eigenvalue weighted by Gasteiger charge is -2.29. The van der Waals surface area contributed by atoms with Crippen molar-refractivity contribution < 1.29 is 4.74 Å². The summed E-state index contributed by atoms with van der Waals surface area (Å²) < 4.78 is 5.10. The van der Waals surface area contributed by atoms with Gasteiger partial charge >= 0.3 is 0 Å². The molecule has 0 amide bonds. The van der Waals surface area contributed by atoms with Gasteiger partial charge in [-0.3, -0.25) is 0 Å². The monoisotopic (exact) mass is 234 g/mol. The molecule has 1 N–H and O–H groups in total. The molecule has 0 saturated carbocycles. The lowest BCUT2D eigenvalue weighted by atomic mass is 9.93. The Labute approximate surface area is 104 Å². The second-order valence-corrected chi connectivity index (χ2v) is 4.86. The first-order chi connectivity index (χ1) is 8.29. The summed E-state index contributed by atoms with van der Waals surface area (Å²) in [6.07, 6.45) is 1.18. The Bertz CT molecular complexity index is 354. The highest BCUT2D eigenvalue weighted by atomic mass is 16.5. The highest BCUT2D eigenvalue weighted by Gasteiger charge is 2.18. The molecule has 0 spiro atoms. The van der Waals surface area contributed by atoms with E-state index < -0.39 is 0 Å². The molecular formula is C14H22N2O. The summed E-state index contributed by atoms with van der Waals surface area (Å²) in [6, 6.07) is 8.61. The number of rotatable bonds is 5. The molecule has 17 heavy (non-hydrogen) atoms. The molecule has 1 aliphatic rings. The van der Waals surface area contributed by atoms with Crippen molar-refractivity contribution in [2.45, 2.75) is 6.42 Å². The molecule has 3 nitrogen and oxygen atoms in total. The van der Waals surface area contributed by atoms with E-state index in [0.29, 0.717) is 5.92 Å². The van der Waals surface area contributed by atoms with Crippen molar-refractivity contribution in [3.8, 4) is 0 Å². The first-order valence-corrected chi connectivity index (χ1v) is 6.29. The molecule has 1 aromatic rings. The molecule has 2 rings (SSSR count). The Hall–Kier alpha value is -1.06. The number of fused-ring (bicyclic) bond motifs is 1. The van der Waals surface area contributed by atoms with Gasteiger partial charge in [-0.25, -0.2) is 0 Å². The van der Waals surface area contributed by atoms with E-state index in [4.69, 9.17) is 4.74 Å². The van der Waals surface area contributed by atoms with Crippen LogP contribution in [-0.4, -0.2) is 45.3 Å². The molecule has 3 heteroatoms.